The molecule has 0 fully saturated rings. The number of ketones is 1. The maximum absolute atomic E-state index is 11.9. The van der Waals surface area contributed by atoms with Crippen LogP contribution in [0, 0.1) is 5.92 Å². The van der Waals surface area contributed by atoms with E-state index < -0.39 is 29.9 Å². The molecule has 126 valence electrons. The number of carbonyl (C=O) groups excluding carboxylic acids is 4. The minimum atomic E-state index is -0.834. The average Bonchev–Trinajstić information content (AvgIpc) is 2.45. The van der Waals surface area contributed by atoms with E-state index in [1.165, 1.54) is 20.8 Å². The number of carbonyl (C=O) groups is 4. The van der Waals surface area contributed by atoms with E-state index in [9.17, 15) is 19.2 Å². The predicted octanol–water partition coefficient (Wildman–Crippen LogP) is -1.32. The monoisotopic (exact) mass is 314 g/mol. The Morgan fingerprint density at radius 2 is 1.09 bits per heavy atom. The molecule has 0 aromatic heterocycles. The first-order chi connectivity index (χ1) is 10.1. The highest BCUT2D eigenvalue weighted by Gasteiger charge is 2.23. The Hall–Kier alpha value is -1.96. The first-order valence-corrected chi connectivity index (χ1v) is 7.24. The van der Waals surface area contributed by atoms with Crippen LogP contribution in [0.1, 0.15) is 34.6 Å². The van der Waals surface area contributed by atoms with Gasteiger partial charge in [0.05, 0.1) is 12.6 Å². The van der Waals surface area contributed by atoms with E-state index in [1.54, 1.807) is 13.8 Å². The van der Waals surface area contributed by atoms with Gasteiger partial charge < -0.3 is 21.7 Å². The van der Waals surface area contributed by atoms with E-state index in [4.69, 9.17) is 5.73 Å². The van der Waals surface area contributed by atoms with Crippen molar-refractivity contribution in [1.82, 2.24) is 16.0 Å². The maximum Gasteiger partial charge on any atom is 0.242 e. The third-order valence-electron chi connectivity index (χ3n) is 3.07. The number of nitrogens with two attached hydrogens (primary N) is 1. The van der Waals surface area contributed by atoms with Crippen molar-refractivity contribution in [3.8, 4) is 0 Å². The molecule has 5 N–H and O–H groups in total. The standard InChI is InChI=1S/C14H26N4O4/c1-7(2)12(20)17-9(4)14(22)18-10(5)13(21)16-8(3)11(19)6-15/h7-10H,6,15H2,1-5H3,(H,16,21)(H,17,20)(H,18,22)/t8-,9-,10-/m0/s1. The molecule has 0 bridgehead atoms. The van der Waals surface area contributed by atoms with Crippen molar-refractivity contribution in [2.75, 3.05) is 6.54 Å². The molecule has 0 aliphatic heterocycles. The second kappa shape index (κ2) is 9.14. The van der Waals surface area contributed by atoms with Gasteiger partial charge in [0.15, 0.2) is 5.78 Å². The van der Waals surface area contributed by atoms with Crippen LogP contribution in [0.25, 0.3) is 0 Å². The van der Waals surface area contributed by atoms with Gasteiger partial charge in [0, 0.05) is 5.92 Å². The number of Topliss-reactive ketones (excluding diaryl/α,β-unsaturated/α-hetero) is 1. The lowest BCUT2D eigenvalue weighted by Crippen LogP contribution is -2.54. The second-order valence-corrected chi connectivity index (χ2v) is 5.52. The molecule has 0 spiro atoms. The fraction of sp³-hybridized carbons (Fsp3) is 0.714. The van der Waals surface area contributed by atoms with Crippen molar-refractivity contribution >= 4 is 23.5 Å². The molecule has 8 heteroatoms. The zero-order valence-corrected chi connectivity index (χ0v) is 13.7. The summed E-state index contributed by atoms with van der Waals surface area (Å²) in [5, 5.41) is 7.48. The fourth-order valence-corrected chi connectivity index (χ4v) is 1.45. The molecule has 0 aliphatic carbocycles. The molecule has 22 heavy (non-hydrogen) atoms. The maximum atomic E-state index is 11.9. The molecule has 0 aromatic rings. The van der Waals surface area contributed by atoms with E-state index >= 15 is 0 Å². The van der Waals surface area contributed by atoms with Crippen LogP contribution in [0.5, 0.6) is 0 Å². The molecule has 0 saturated carbocycles. The molecule has 0 aromatic carbocycles. The van der Waals surface area contributed by atoms with Crippen molar-refractivity contribution in [3.05, 3.63) is 0 Å². The van der Waals surface area contributed by atoms with Crippen LogP contribution >= 0.6 is 0 Å². The summed E-state index contributed by atoms with van der Waals surface area (Å²) in [5.74, 6) is -1.76. The zero-order chi connectivity index (χ0) is 17.4. The van der Waals surface area contributed by atoms with Crippen LogP contribution in [0.3, 0.4) is 0 Å². The number of hydrogen-bond donors (Lipinski definition) is 4. The Morgan fingerprint density at radius 1 is 0.727 bits per heavy atom. The van der Waals surface area contributed by atoms with Gasteiger partial charge in [-0.25, -0.2) is 0 Å². The van der Waals surface area contributed by atoms with E-state index in [2.05, 4.69) is 16.0 Å². The summed E-state index contributed by atoms with van der Waals surface area (Å²) >= 11 is 0. The summed E-state index contributed by atoms with van der Waals surface area (Å²) in [6.45, 7) is 7.80. The van der Waals surface area contributed by atoms with Crippen molar-refractivity contribution in [2.45, 2.75) is 52.7 Å². The number of nitrogens with one attached hydrogen (secondary N) is 3. The van der Waals surface area contributed by atoms with Crippen LogP contribution < -0.4 is 21.7 Å². The predicted molar refractivity (Wildman–Crippen MR) is 81.7 cm³/mol. The smallest absolute Gasteiger partial charge is 0.242 e. The van der Waals surface area contributed by atoms with Gasteiger partial charge in [-0.3, -0.25) is 19.2 Å². The van der Waals surface area contributed by atoms with E-state index in [1.807, 2.05) is 0 Å². The normalized spacial score (nSPS) is 14.7. The molecule has 0 radical (unpaired) electrons. The van der Waals surface area contributed by atoms with E-state index in [-0.39, 0.29) is 24.2 Å². The van der Waals surface area contributed by atoms with Gasteiger partial charge in [-0.2, -0.15) is 0 Å². The summed E-state index contributed by atoms with van der Waals surface area (Å²) in [4.78, 5) is 46.6. The number of rotatable bonds is 8. The van der Waals surface area contributed by atoms with Gasteiger partial charge in [0.25, 0.3) is 0 Å². The van der Waals surface area contributed by atoms with Crippen molar-refractivity contribution in [3.63, 3.8) is 0 Å². The lowest BCUT2D eigenvalue weighted by atomic mass is 10.1. The van der Waals surface area contributed by atoms with Crippen molar-refractivity contribution < 1.29 is 19.2 Å². The van der Waals surface area contributed by atoms with Gasteiger partial charge >= 0.3 is 0 Å². The largest absolute Gasteiger partial charge is 0.345 e. The Balaban J connectivity index is 4.42. The summed E-state index contributed by atoms with van der Waals surface area (Å²) in [6, 6.07) is -2.30. The van der Waals surface area contributed by atoms with Crippen LogP contribution in [0.15, 0.2) is 0 Å². The molecular formula is C14H26N4O4. The fourth-order valence-electron chi connectivity index (χ4n) is 1.45. The molecular weight excluding hydrogens is 288 g/mol. The molecule has 0 heterocycles. The highest BCUT2D eigenvalue weighted by Crippen LogP contribution is 1.94. The molecule has 0 saturated heterocycles. The summed E-state index contributed by atoms with van der Waals surface area (Å²) in [7, 11) is 0. The van der Waals surface area contributed by atoms with Gasteiger partial charge in [0.2, 0.25) is 17.7 Å². The second-order valence-electron chi connectivity index (χ2n) is 5.52. The number of hydrogen-bond acceptors (Lipinski definition) is 5. The third kappa shape index (κ3) is 6.66. The summed E-state index contributed by atoms with van der Waals surface area (Å²) in [5.41, 5.74) is 5.21. The minimum absolute atomic E-state index is 0.166. The van der Waals surface area contributed by atoms with Crippen LogP contribution in [-0.4, -0.2) is 48.2 Å². The Labute approximate surface area is 130 Å². The van der Waals surface area contributed by atoms with Gasteiger partial charge in [-0.15, -0.1) is 0 Å². The first-order valence-electron chi connectivity index (χ1n) is 7.24. The molecule has 0 aliphatic rings. The molecule has 3 amide bonds. The van der Waals surface area contributed by atoms with Gasteiger partial charge in [0.1, 0.15) is 12.1 Å². The lowest BCUT2D eigenvalue weighted by molar-refractivity contribution is -0.133. The van der Waals surface area contributed by atoms with E-state index in [0.29, 0.717) is 0 Å². The van der Waals surface area contributed by atoms with E-state index in [0.717, 1.165) is 0 Å². The SMILES string of the molecule is CC(C)C(=O)N[C@@H](C)C(=O)N[C@@H](C)C(=O)N[C@@H](C)C(=O)CN. The first kappa shape index (κ1) is 20.0. The summed E-state index contributed by atoms with van der Waals surface area (Å²) < 4.78 is 0. The topological polar surface area (TPSA) is 130 Å². The van der Waals surface area contributed by atoms with Crippen LogP contribution in [0.2, 0.25) is 0 Å². The molecule has 0 unspecified atom stereocenters. The van der Waals surface area contributed by atoms with Gasteiger partial charge in [-0.05, 0) is 20.8 Å². The Morgan fingerprint density at radius 3 is 1.45 bits per heavy atom. The summed E-state index contributed by atoms with van der Waals surface area (Å²) in [6.07, 6.45) is 0. The highest BCUT2D eigenvalue weighted by molar-refractivity contribution is 5.94. The van der Waals surface area contributed by atoms with Crippen molar-refractivity contribution in [1.29, 1.82) is 0 Å². The van der Waals surface area contributed by atoms with Crippen LogP contribution in [0.4, 0.5) is 0 Å². The highest BCUT2D eigenvalue weighted by atomic mass is 16.2. The quantitative estimate of drug-likeness (QED) is 0.441. The zero-order valence-electron chi connectivity index (χ0n) is 13.7. The third-order valence-corrected chi connectivity index (χ3v) is 3.07. The number of amides is 3. The average molecular weight is 314 g/mol. The molecule has 0 rings (SSSR count). The van der Waals surface area contributed by atoms with Crippen molar-refractivity contribution in [2.24, 2.45) is 11.7 Å². The molecule has 3 atom stereocenters. The Bertz CT molecular complexity index is 437. The van der Waals surface area contributed by atoms with Gasteiger partial charge in [-0.1, -0.05) is 13.8 Å². The minimum Gasteiger partial charge on any atom is -0.345 e. The Kier molecular flexibility index (Phi) is 8.32. The lowest BCUT2D eigenvalue weighted by Gasteiger charge is -2.20. The molecule has 8 nitrogen and oxygen atoms in total. The van der Waals surface area contributed by atoms with Crippen LogP contribution in [-0.2, 0) is 19.2 Å².